The van der Waals surface area contributed by atoms with Gasteiger partial charge < -0.3 is 20.2 Å². The zero-order valence-corrected chi connectivity index (χ0v) is 14.3. The van der Waals surface area contributed by atoms with Gasteiger partial charge in [0, 0.05) is 0 Å². The van der Waals surface area contributed by atoms with Gasteiger partial charge in [0.25, 0.3) is 5.91 Å². The highest BCUT2D eigenvalue weighted by Gasteiger charge is 2.22. The van der Waals surface area contributed by atoms with Crippen LogP contribution in [0.1, 0.15) is 16.1 Å². The van der Waals surface area contributed by atoms with Crippen molar-refractivity contribution in [1.82, 2.24) is 0 Å². The van der Waals surface area contributed by atoms with Gasteiger partial charge in [0.2, 0.25) is 10.0 Å². The number of halogens is 1. The van der Waals surface area contributed by atoms with Gasteiger partial charge in [-0.2, -0.15) is 0 Å². The van der Waals surface area contributed by atoms with Gasteiger partial charge in [-0.3, -0.25) is 4.79 Å². The number of ether oxygens (including phenoxy) is 1. The van der Waals surface area contributed by atoms with E-state index in [1.165, 1.54) is 12.3 Å². The van der Waals surface area contributed by atoms with Crippen molar-refractivity contribution in [3.63, 3.8) is 0 Å². The predicted octanol–water partition coefficient (Wildman–Crippen LogP) is 0.835. The lowest BCUT2D eigenvalue weighted by Gasteiger charge is -2.13. The number of benzene rings is 1. The fraction of sp³-hybridized carbons (Fsp3) is 0.143. The van der Waals surface area contributed by atoms with Crippen LogP contribution in [0.3, 0.4) is 0 Å². The Kier molecular flexibility index (Phi) is 5.67. The molecule has 1 aromatic carbocycles. The standard InChI is InChI=1S/C14H14ClN3O6S/c15-10-5-11(18-6-8-2-1-3-23-8)9(4-12(10)25(17,21)22)14(20)24-7-13(16)19/h1-5,18H,6-7H2,(H2,16,19)(H2,17,21,22). The Morgan fingerprint density at radius 3 is 2.60 bits per heavy atom. The summed E-state index contributed by atoms with van der Waals surface area (Å²) in [5.41, 5.74) is 4.91. The SMILES string of the molecule is NC(=O)COC(=O)c1cc(S(N)(=O)=O)c(Cl)cc1NCc1ccco1. The molecule has 0 unspecified atom stereocenters. The van der Waals surface area contributed by atoms with Crippen molar-refractivity contribution in [2.75, 3.05) is 11.9 Å². The van der Waals surface area contributed by atoms with Crippen LogP contribution in [-0.4, -0.2) is 26.9 Å². The van der Waals surface area contributed by atoms with E-state index in [9.17, 15) is 18.0 Å². The van der Waals surface area contributed by atoms with Crippen LogP contribution in [0.4, 0.5) is 5.69 Å². The molecular formula is C14H14ClN3O6S. The summed E-state index contributed by atoms with van der Waals surface area (Å²) >= 11 is 5.93. The van der Waals surface area contributed by atoms with Crippen LogP contribution in [0.15, 0.2) is 39.8 Å². The summed E-state index contributed by atoms with van der Waals surface area (Å²) in [5.74, 6) is -1.27. The van der Waals surface area contributed by atoms with Crippen LogP contribution in [0.2, 0.25) is 5.02 Å². The number of nitrogens with two attached hydrogens (primary N) is 2. The molecule has 0 fully saturated rings. The molecule has 5 N–H and O–H groups in total. The number of amides is 1. The Labute approximate surface area is 147 Å². The molecule has 0 atom stereocenters. The highest BCUT2D eigenvalue weighted by Crippen LogP contribution is 2.29. The molecule has 0 radical (unpaired) electrons. The van der Waals surface area contributed by atoms with Crippen LogP contribution in [0, 0.1) is 0 Å². The molecule has 11 heteroatoms. The van der Waals surface area contributed by atoms with E-state index in [-0.39, 0.29) is 22.8 Å². The molecule has 0 bridgehead atoms. The Hall–Kier alpha value is -2.56. The number of sulfonamides is 1. The number of hydrogen-bond acceptors (Lipinski definition) is 7. The van der Waals surface area contributed by atoms with E-state index in [1.807, 2.05) is 0 Å². The first kappa shape index (κ1) is 18.8. The van der Waals surface area contributed by atoms with Crippen molar-refractivity contribution in [3.8, 4) is 0 Å². The van der Waals surface area contributed by atoms with Crippen molar-refractivity contribution in [1.29, 1.82) is 0 Å². The zero-order valence-electron chi connectivity index (χ0n) is 12.7. The van der Waals surface area contributed by atoms with Crippen LogP contribution in [-0.2, 0) is 26.1 Å². The first-order chi connectivity index (χ1) is 11.7. The van der Waals surface area contributed by atoms with E-state index in [0.29, 0.717) is 5.76 Å². The number of anilines is 1. The predicted molar refractivity (Wildman–Crippen MR) is 88.3 cm³/mol. The fourth-order valence-corrected chi connectivity index (χ4v) is 3.00. The van der Waals surface area contributed by atoms with E-state index in [0.717, 1.165) is 6.07 Å². The number of hydrogen-bond donors (Lipinski definition) is 3. The van der Waals surface area contributed by atoms with Crippen molar-refractivity contribution in [3.05, 3.63) is 46.9 Å². The van der Waals surface area contributed by atoms with E-state index < -0.39 is 33.4 Å². The average molecular weight is 388 g/mol. The molecule has 1 amide bonds. The molecule has 134 valence electrons. The number of furan rings is 1. The summed E-state index contributed by atoms with van der Waals surface area (Å²) in [7, 11) is -4.17. The molecule has 1 aromatic heterocycles. The summed E-state index contributed by atoms with van der Waals surface area (Å²) in [6.07, 6.45) is 1.47. The Morgan fingerprint density at radius 2 is 2.04 bits per heavy atom. The molecule has 0 spiro atoms. The number of primary amides is 1. The number of carbonyl (C=O) groups is 2. The smallest absolute Gasteiger partial charge is 0.340 e. The molecule has 0 saturated carbocycles. The summed E-state index contributed by atoms with van der Waals surface area (Å²) in [6, 6.07) is 5.55. The molecular weight excluding hydrogens is 374 g/mol. The lowest BCUT2D eigenvalue weighted by Crippen LogP contribution is -2.22. The minimum Gasteiger partial charge on any atom is -0.467 e. The summed E-state index contributed by atoms with van der Waals surface area (Å²) < 4.78 is 33.0. The number of rotatable bonds is 7. The molecule has 0 saturated heterocycles. The molecule has 9 nitrogen and oxygen atoms in total. The van der Waals surface area contributed by atoms with Crippen LogP contribution >= 0.6 is 11.6 Å². The fourth-order valence-electron chi connectivity index (χ4n) is 1.90. The van der Waals surface area contributed by atoms with Crippen LogP contribution in [0.25, 0.3) is 0 Å². The van der Waals surface area contributed by atoms with Gasteiger partial charge in [0.15, 0.2) is 6.61 Å². The molecule has 25 heavy (non-hydrogen) atoms. The normalized spacial score (nSPS) is 11.1. The molecule has 0 aliphatic heterocycles. The number of primary sulfonamides is 1. The molecule has 0 aliphatic rings. The largest absolute Gasteiger partial charge is 0.467 e. The maximum Gasteiger partial charge on any atom is 0.340 e. The Balaban J connectivity index is 2.39. The lowest BCUT2D eigenvalue weighted by atomic mass is 10.1. The first-order valence-corrected chi connectivity index (χ1v) is 8.69. The van der Waals surface area contributed by atoms with Gasteiger partial charge in [-0.15, -0.1) is 0 Å². The average Bonchev–Trinajstić information content (AvgIpc) is 3.02. The second-order valence-corrected chi connectivity index (χ2v) is 6.79. The lowest BCUT2D eigenvalue weighted by molar-refractivity contribution is -0.121. The zero-order chi connectivity index (χ0) is 18.6. The van der Waals surface area contributed by atoms with Crippen molar-refractivity contribution in [2.45, 2.75) is 11.4 Å². The number of carbonyl (C=O) groups excluding carboxylic acids is 2. The minimum atomic E-state index is -4.17. The third kappa shape index (κ3) is 4.95. The van der Waals surface area contributed by atoms with Gasteiger partial charge in [0.1, 0.15) is 10.7 Å². The minimum absolute atomic E-state index is 0.170. The summed E-state index contributed by atoms with van der Waals surface area (Å²) in [5, 5.41) is 7.76. The summed E-state index contributed by atoms with van der Waals surface area (Å²) in [4.78, 5) is 22.5. The number of nitrogens with one attached hydrogen (secondary N) is 1. The van der Waals surface area contributed by atoms with E-state index in [4.69, 9.17) is 31.6 Å². The van der Waals surface area contributed by atoms with Crippen molar-refractivity contribution in [2.24, 2.45) is 10.9 Å². The maximum atomic E-state index is 12.1. The maximum absolute atomic E-state index is 12.1. The highest BCUT2D eigenvalue weighted by molar-refractivity contribution is 7.89. The van der Waals surface area contributed by atoms with Crippen molar-refractivity contribution >= 4 is 39.2 Å². The quantitative estimate of drug-likeness (QED) is 0.594. The third-order valence-electron chi connectivity index (χ3n) is 2.98. The Bertz CT molecular complexity index is 896. The van der Waals surface area contributed by atoms with Gasteiger partial charge in [-0.05, 0) is 24.3 Å². The summed E-state index contributed by atoms with van der Waals surface area (Å²) in [6.45, 7) is -0.474. The topological polar surface area (TPSA) is 155 Å². The second-order valence-electron chi connectivity index (χ2n) is 4.85. The molecule has 2 aromatic rings. The monoisotopic (exact) mass is 387 g/mol. The highest BCUT2D eigenvalue weighted by atomic mass is 35.5. The third-order valence-corrected chi connectivity index (χ3v) is 4.35. The van der Waals surface area contributed by atoms with Gasteiger partial charge in [-0.25, -0.2) is 18.4 Å². The number of esters is 1. The van der Waals surface area contributed by atoms with Crippen LogP contribution in [0.5, 0.6) is 0 Å². The second kappa shape index (κ2) is 7.55. The molecule has 0 aliphatic carbocycles. The van der Waals surface area contributed by atoms with E-state index in [2.05, 4.69) is 5.32 Å². The first-order valence-electron chi connectivity index (χ1n) is 6.76. The van der Waals surface area contributed by atoms with E-state index >= 15 is 0 Å². The van der Waals surface area contributed by atoms with E-state index in [1.54, 1.807) is 12.1 Å². The van der Waals surface area contributed by atoms with Gasteiger partial charge >= 0.3 is 5.97 Å². The van der Waals surface area contributed by atoms with Crippen molar-refractivity contribution < 1.29 is 27.2 Å². The van der Waals surface area contributed by atoms with Gasteiger partial charge in [-0.1, -0.05) is 11.6 Å². The Morgan fingerprint density at radius 1 is 1.32 bits per heavy atom. The molecule has 2 rings (SSSR count). The van der Waals surface area contributed by atoms with Crippen LogP contribution < -0.4 is 16.2 Å². The molecule has 1 heterocycles. The van der Waals surface area contributed by atoms with Gasteiger partial charge in [0.05, 0.1) is 29.1 Å².